The Balaban J connectivity index is 1.51. The van der Waals surface area contributed by atoms with Crippen LogP contribution in [-0.4, -0.2) is 53.2 Å². The number of ether oxygens (including phenoxy) is 1. The van der Waals surface area contributed by atoms with Crippen LogP contribution in [0.5, 0.6) is 0 Å². The molecule has 0 saturated carbocycles. The van der Waals surface area contributed by atoms with Gasteiger partial charge in [0, 0.05) is 19.6 Å². The van der Waals surface area contributed by atoms with E-state index in [2.05, 4.69) is 15.5 Å². The van der Waals surface area contributed by atoms with Crippen molar-refractivity contribution >= 4 is 11.8 Å². The predicted octanol–water partition coefficient (Wildman–Crippen LogP) is 0.401. The third kappa shape index (κ3) is 4.17. The molecule has 8 nitrogen and oxygen atoms in total. The molecule has 2 heterocycles. The first kappa shape index (κ1) is 16.1. The molecular weight excluding hydrogens is 312 g/mol. The van der Waals surface area contributed by atoms with Crippen LogP contribution in [0.15, 0.2) is 34.9 Å². The monoisotopic (exact) mass is 330 g/mol. The van der Waals surface area contributed by atoms with Crippen LogP contribution in [0.25, 0.3) is 0 Å². The summed E-state index contributed by atoms with van der Waals surface area (Å²) >= 11 is 0. The maximum atomic E-state index is 12.2. The van der Waals surface area contributed by atoms with E-state index in [1.54, 1.807) is 4.90 Å². The number of nitrogens with zero attached hydrogens (tertiary/aromatic N) is 3. The minimum Gasteiger partial charge on any atom is -0.378 e. The maximum Gasteiger partial charge on any atom is 0.316 e. The zero-order valence-electron chi connectivity index (χ0n) is 13.1. The number of hydrogen-bond acceptors (Lipinski definition) is 6. The van der Waals surface area contributed by atoms with E-state index in [1.807, 2.05) is 30.3 Å². The van der Waals surface area contributed by atoms with Gasteiger partial charge < -0.3 is 19.5 Å². The first-order chi connectivity index (χ1) is 11.7. The Labute approximate surface area is 138 Å². The highest BCUT2D eigenvalue weighted by atomic mass is 16.5. The zero-order chi connectivity index (χ0) is 16.8. The number of rotatable bonds is 5. The van der Waals surface area contributed by atoms with Gasteiger partial charge in [-0.1, -0.05) is 35.5 Å². The van der Waals surface area contributed by atoms with Gasteiger partial charge in [0.25, 0.3) is 0 Å². The van der Waals surface area contributed by atoms with Crippen molar-refractivity contribution in [1.29, 1.82) is 0 Å². The van der Waals surface area contributed by atoms with Gasteiger partial charge in [-0.05, 0) is 5.56 Å². The fourth-order valence-corrected chi connectivity index (χ4v) is 2.32. The third-order valence-corrected chi connectivity index (χ3v) is 3.60. The summed E-state index contributed by atoms with van der Waals surface area (Å²) < 4.78 is 10.2. The lowest BCUT2D eigenvalue weighted by molar-refractivity contribution is -0.120. The molecule has 24 heavy (non-hydrogen) atoms. The van der Waals surface area contributed by atoms with E-state index >= 15 is 0 Å². The average Bonchev–Trinajstić information content (AvgIpc) is 3.09. The second kappa shape index (κ2) is 7.69. The molecule has 2 aromatic rings. The summed E-state index contributed by atoms with van der Waals surface area (Å²) in [5.41, 5.74) is 1.00. The molecule has 1 aromatic heterocycles. The van der Waals surface area contributed by atoms with Gasteiger partial charge in [0.15, 0.2) is 5.82 Å². The van der Waals surface area contributed by atoms with Crippen LogP contribution in [0.2, 0.25) is 0 Å². The molecule has 0 aliphatic carbocycles. The molecule has 0 atom stereocenters. The van der Waals surface area contributed by atoms with E-state index in [0.717, 1.165) is 5.56 Å². The van der Waals surface area contributed by atoms with E-state index < -0.39 is 0 Å². The molecule has 0 spiro atoms. The summed E-state index contributed by atoms with van der Waals surface area (Å²) in [5, 5.41) is 6.48. The first-order valence-corrected chi connectivity index (χ1v) is 7.72. The molecule has 2 amide bonds. The fraction of sp³-hybridized carbons (Fsp3) is 0.375. The van der Waals surface area contributed by atoms with Crippen molar-refractivity contribution < 1.29 is 18.8 Å². The van der Waals surface area contributed by atoms with E-state index in [9.17, 15) is 9.59 Å². The molecule has 1 saturated heterocycles. The lowest BCUT2D eigenvalue weighted by Gasteiger charge is -2.25. The van der Waals surface area contributed by atoms with Gasteiger partial charge >= 0.3 is 11.8 Å². The number of nitrogens with one attached hydrogen (secondary N) is 1. The summed E-state index contributed by atoms with van der Waals surface area (Å²) in [6, 6.07) is 9.58. The highest BCUT2D eigenvalue weighted by Gasteiger charge is 2.24. The van der Waals surface area contributed by atoms with Crippen LogP contribution in [0, 0.1) is 0 Å². The molecule has 0 radical (unpaired) electrons. The molecule has 3 rings (SSSR count). The van der Waals surface area contributed by atoms with Crippen molar-refractivity contribution in [3.8, 4) is 0 Å². The molecule has 126 valence electrons. The van der Waals surface area contributed by atoms with E-state index in [4.69, 9.17) is 9.26 Å². The number of benzene rings is 1. The average molecular weight is 330 g/mol. The number of carbonyl (C=O) groups is 2. The molecular formula is C16H18N4O4. The summed E-state index contributed by atoms with van der Waals surface area (Å²) in [7, 11) is 0. The Bertz CT molecular complexity index is 695. The Hall–Kier alpha value is -2.74. The quantitative estimate of drug-likeness (QED) is 0.852. The summed E-state index contributed by atoms with van der Waals surface area (Å²) in [6.07, 6.45) is -0.0350. The van der Waals surface area contributed by atoms with Crippen molar-refractivity contribution in [1.82, 2.24) is 20.4 Å². The first-order valence-electron chi connectivity index (χ1n) is 7.72. The van der Waals surface area contributed by atoms with Crippen molar-refractivity contribution in [2.24, 2.45) is 0 Å². The summed E-state index contributed by atoms with van der Waals surface area (Å²) in [5.74, 6) is -0.466. The second-order valence-corrected chi connectivity index (χ2v) is 5.36. The largest absolute Gasteiger partial charge is 0.378 e. The van der Waals surface area contributed by atoms with Crippen molar-refractivity contribution in [3.05, 3.63) is 47.6 Å². The minimum absolute atomic E-state index is 0.0350. The number of aromatic nitrogens is 2. The number of carbonyl (C=O) groups excluding carboxylic acids is 2. The molecule has 1 aromatic carbocycles. The maximum absolute atomic E-state index is 12.2. The topological polar surface area (TPSA) is 97.6 Å². The lowest BCUT2D eigenvalue weighted by atomic mass is 10.2. The van der Waals surface area contributed by atoms with Gasteiger partial charge in [0.1, 0.15) is 0 Å². The molecule has 1 aliphatic rings. The van der Waals surface area contributed by atoms with E-state index in [-0.39, 0.29) is 30.0 Å². The highest BCUT2D eigenvalue weighted by molar-refractivity contribution is 5.89. The Morgan fingerprint density at radius 1 is 1.17 bits per heavy atom. The summed E-state index contributed by atoms with van der Waals surface area (Å²) in [4.78, 5) is 29.7. The molecule has 0 unspecified atom stereocenters. The number of hydrogen-bond donors (Lipinski definition) is 1. The van der Waals surface area contributed by atoms with Crippen molar-refractivity contribution in [2.75, 3.05) is 26.3 Å². The summed E-state index contributed by atoms with van der Waals surface area (Å²) in [6.45, 7) is 2.41. The van der Waals surface area contributed by atoms with Crippen LogP contribution in [0.3, 0.4) is 0 Å². The molecule has 1 aliphatic heterocycles. The predicted molar refractivity (Wildman–Crippen MR) is 83.0 cm³/mol. The Kier molecular flexibility index (Phi) is 5.17. The fourth-order valence-electron chi connectivity index (χ4n) is 2.32. The Morgan fingerprint density at radius 3 is 2.67 bits per heavy atom. The van der Waals surface area contributed by atoms with Crippen LogP contribution < -0.4 is 5.32 Å². The van der Waals surface area contributed by atoms with E-state index in [1.165, 1.54) is 0 Å². The zero-order valence-corrected chi connectivity index (χ0v) is 13.1. The molecule has 0 bridgehead atoms. The Morgan fingerprint density at radius 2 is 1.92 bits per heavy atom. The van der Waals surface area contributed by atoms with Crippen molar-refractivity contribution in [3.63, 3.8) is 0 Å². The highest BCUT2D eigenvalue weighted by Crippen LogP contribution is 2.06. The second-order valence-electron chi connectivity index (χ2n) is 5.36. The molecule has 1 fully saturated rings. The van der Waals surface area contributed by atoms with Gasteiger partial charge in [0.2, 0.25) is 5.91 Å². The van der Waals surface area contributed by atoms with E-state index in [0.29, 0.717) is 32.8 Å². The third-order valence-electron chi connectivity index (χ3n) is 3.60. The number of amides is 2. The van der Waals surface area contributed by atoms with Gasteiger partial charge in [-0.15, -0.1) is 0 Å². The lowest BCUT2D eigenvalue weighted by Crippen LogP contribution is -2.40. The van der Waals surface area contributed by atoms with Gasteiger partial charge in [0.05, 0.1) is 19.6 Å². The molecule has 1 N–H and O–H groups in total. The van der Waals surface area contributed by atoms with Crippen LogP contribution >= 0.6 is 0 Å². The van der Waals surface area contributed by atoms with Crippen LogP contribution in [0.4, 0.5) is 0 Å². The van der Waals surface area contributed by atoms with Gasteiger partial charge in [-0.3, -0.25) is 9.59 Å². The van der Waals surface area contributed by atoms with Gasteiger partial charge in [-0.25, -0.2) is 0 Å². The minimum atomic E-state index is -0.332. The van der Waals surface area contributed by atoms with Crippen LogP contribution in [-0.2, 0) is 22.5 Å². The van der Waals surface area contributed by atoms with Crippen molar-refractivity contribution in [2.45, 2.75) is 13.0 Å². The standard InChI is InChI=1S/C16H18N4O4/c21-14(17-11-12-4-2-1-3-5-12)10-13-18-15(24-19-13)16(22)20-6-8-23-9-7-20/h1-5H,6-11H2,(H,17,21). The number of morpholine rings is 1. The normalized spacial score (nSPS) is 14.4. The van der Waals surface area contributed by atoms with Gasteiger partial charge in [-0.2, -0.15) is 4.98 Å². The smallest absolute Gasteiger partial charge is 0.316 e. The molecule has 8 heteroatoms. The van der Waals surface area contributed by atoms with Crippen LogP contribution in [0.1, 0.15) is 22.1 Å². The SMILES string of the molecule is O=C(Cc1noc(C(=O)N2CCOCC2)n1)NCc1ccccc1.